The molecule has 10 heteroatoms. The molecule has 2 heterocycles. The van der Waals surface area contributed by atoms with Crippen LogP contribution in [0.5, 0.6) is 0 Å². The van der Waals surface area contributed by atoms with Gasteiger partial charge in [0.15, 0.2) is 11.7 Å². The fraction of sp³-hybridized carbons (Fsp3) is 0.0588. The van der Waals surface area contributed by atoms with Crippen LogP contribution in [0.2, 0.25) is 15.2 Å². The predicted molar refractivity (Wildman–Crippen MR) is 106 cm³/mol. The average Bonchev–Trinajstić information content (AvgIpc) is 3.11. The van der Waals surface area contributed by atoms with Crippen molar-refractivity contribution in [2.45, 2.75) is 0 Å². The Balaban J connectivity index is 1.59. The van der Waals surface area contributed by atoms with Crippen molar-refractivity contribution in [3.8, 4) is 11.3 Å². The fourth-order valence-corrected chi connectivity index (χ4v) is 3.25. The highest BCUT2D eigenvalue weighted by molar-refractivity contribution is 7.14. The van der Waals surface area contributed by atoms with Gasteiger partial charge in [-0.2, -0.15) is 0 Å². The average molecular weight is 443 g/mol. The van der Waals surface area contributed by atoms with Gasteiger partial charge in [-0.05, 0) is 24.3 Å². The summed E-state index contributed by atoms with van der Waals surface area (Å²) < 4.78 is 4.93. The fourth-order valence-electron chi connectivity index (χ4n) is 2.02. The molecule has 138 valence electrons. The SMILES string of the molecule is O=C(COC(=O)c1cccnc1Cl)Nc1nc(-c2ccc(Cl)c(Cl)c2)cs1. The number of nitrogens with one attached hydrogen (secondary N) is 1. The Labute approximate surface area is 173 Å². The molecular formula is C17H10Cl3N3O3S. The zero-order valence-corrected chi connectivity index (χ0v) is 16.5. The molecule has 0 spiro atoms. The summed E-state index contributed by atoms with van der Waals surface area (Å²) in [6, 6.07) is 8.13. The lowest BCUT2D eigenvalue weighted by molar-refractivity contribution is -0.119. The number of nitrogens with zero attached hydrogens (tertiary/aromatic N) is 2. The molecule has 0 saturated heterocycles. The van der Waals surface area contributed by atoms with Gasteiger partial charge in [0.2, 0.25) is 0 Å². The van der Waals surface area contributed by atoms with Crippen molar-refractivity contribution < 1.29 is 14.3 Å². The molecule has 0 bridgehead atoms. The number of halogens is 3. The molecule has 27 heavy (non-hydrogen) atoms. The lowest BCUT2D eigenvalue weighted by atomic mass is 10.2. The second kappa shape index (κ2) is 8.67. The number of aromatic nitrogens is 2. The van der Waals surface area contributed by atoms with Crippen LogP contribution in [0, 0.1) is 0 Å². The molecule has 3 aromatic rings. The zero-order chi connectivity index (χ0) is 19.4. The molecule has 1 N–H and O–H groups in total. The van der Waals surface area contributed by atoms with Gasteiger partial charge in [0.25, 0.3) is 5.91 Å². The monoisotopic (exact) mass is 441 g/mol. The van der Waals surface area contributed by atoms with Crippen LogP contribution in [-0.2, 0) is 9.53 Å². The number of carbonyl (C=O) groups excluding carboxylic acids is 2. The van der Waals surface area contributed by atoms with Gasteiger partial charge in [0.05, 0.1) is 21.3 Å². The van der Waals surface area contributed by atoms with Crippen molar-refractivity contribution in [1.82, 2.24) is 9.97 Å². The largest absolute Gasteiger partial charge is 0.452 e. The smallest absolute Gasteiger partial charge is 0.341 e. The molecule has 0 radical (unpaired) electrons. The van der Waals surface area contributed by atoms with E-state index in [0.717, 1.165) is 5.56 Å². The number of amides is 1. The highest BCUT2D eigenvalue weighted by Gasteiger charge is 2.15. The van der Waals surface area contributed by atoms with E-state index < -0.39 is 18.5 Å². The molecule has 3 rings (SSSR count). The van der Waals surface area contributed by atoms with E-state index in [1.54, 1.807) is 29.6 Å². The number of benzene rings is 1. The summed E-state index contributed by atoms with van der Waals surface area (Å²) in [6.45, 7) is -0.480. The van der Waals surface area contributed by atoms with Gasteiger partial charge in [0.1, 0.15) is 5.15 Å². The van der Waals surface area contributed by atoms with Crippen LogP contribution in [0.1, 0.15) is 10.4 Å². The van der Waals surface area contributed by atoms with Crippen LogP contribution in [0.15, 0.2) is 41.9 Å². The van der Waals surface area contributed by atoms with Crippen molar-refractivity contribution in [1.29, 1.82) is 0 Å². The topological polar surface area (TPSA) is 81.2 Å². The number of ether oxygens (including phenoxy) is 1. The summed E-state index contributed by atoms with van der Waals surface area (Å²) in [5, 5.41) is 5.54. The van der Waals surface area contributed by atoms with E-state index in [9.17, 15) is 9.59 Å². The third-order valence-corrected chi connectivity index (χ3v) is 5.08. The molecule has 0 atom stereocenters. The molecule has 1 amide bonds. The molecule has 0 aliphatic heterocycles. The second-order valence-electron chi connectivity index (χ2n) is 5.13. The van der Waals surface area contributed by atoms with Crippen molar-refractivity contribution in [3.05, 3.63) is 62.7 Å². The first kappa shape index (κ1) is 19.6. The Kier molecular flexibility index (Phi) is 6.28. The van der Waals surface area contributed by atoms with E-state index in [0.29, 0.717) is 20.9 Å². The number of thiazole rings is 1. The van der Waals surface area contributed by atoms with Crippen LogP contribution < -0.4 is 5.32 Å². The van der Waals surface area contributed by atoms with Gasteiger partial charge in [-0.3, -0.25) is 10.1 Å². The van der Waals surface area contributed by atoms with E-state index in [4.69, 9.17) is 39.5 Å². The first-order chi connectivity index (χ1) is 12.9. The van der Waals surface area contributed by atoms with Gasteiger partial charge >= 0.3 is 5.97 Å². The third kappa shape index (κ3) is 4.95. The summed E-state index contributed by atoms with van der Waals surface area (Å²) in [5.41, 5.74) is 1.48. The number of rotatable bonds is 5. The summed E-state index contributed by atoms with van der Waals surface area (Å²) in [7, 11) is 0. The van der Waals surface area contributed by atoms with Gasteiger partial charge in [-0.1, -0.05) is 40.9 Å². The Bertz CT molecular complexity index is 1010. The minimum Gasteiger partial charge on any atom is -0.452 e. The van der Waals surface area contributed by atoms with Crippen LogP contribution in [0.3, 0.4) is 0 Å². The highest BCUT2D eigenvalue weighted by atomic mass is 35.5. The molecule has 0 fully saturated rings. The van der Waals surface area contributed by atoms with Gasteiger partial charge in [0, 0.05) is 17.1 Å². The normalized spacial score (nSPS) is 10.5. The maximum Gasteiger partial charge on any atom is 0.341 e. The molecule has 0 aliphatic rings. The molecule has 1 aromatic carbocycles. The second-order valence-corrected chi connectivity index (χ2v) is 7.16. The Morgan fingerprint density at radius 3 is 2.70 bits per heavy atom. The quantitative estimate of drug-likeness (QED) is 0.446. The Hall–Kier alpha value is -2.19. The zero-order valence-electron chi connectivity index (χ0n) is 13.4. The highest BCUT2D eigenvalue weighted by Crippen LogP contribution is 2.30. The minimum atomic E-state index is -0.737. The Morgan fingerprint density at radius 1 is 1.15 bits per heavy atom. The third-order valence-electron chi connectivity index (χ3n) is 3.28. The minimum absolute atomic E-state index is 0.00842. The molecule has 0 unspecified atom stereocenters. The van der Waals surface area contributed by atoms with Crippen LogP contribution in [0.4, 0.5) is 5.13 Å². The van der Waals surface area contributed by atoms with E-state index in [-0.39, 0.29) is 10.7 Å². The van der Waals surface area contributed by atoms with Crippen LogP contribution >= 0.6 is 46.1 Å². The van der Waals surface area contributed by atoms with Crippen LogP contribution in [0.25, 0.3) is 11.3 Å². The van der Waals surface area contributed by atoms with Crippen molar-refractivity contribution in [3.63, 3.8) is 0 Å². The maximum atomic E-state index is 12.0. The standard InChI is InChI=1S/C17H10Cl3N3O3S/c18-11-4-3-9(6-12(11)19)13-8-27-17(22-13)23-14(24)7-26-16(25)10-2-1-5-21-15(10)20/h1-6,8H,7H2,(H,22,23,24). The molecule has 0 aliphatic carbocycles. The van der Waals surface area contributed by atoms with Gasteiger partial charge in [-0.15, -0.1) is 11.3 Å². The summed E-state index contributed by atoms with van der Waals surface area (Å²) in [6.07, 6.45) is 1.44. The number of carbonyl (C=O) groups is 2. The maximum absolute atomic E-state index is 12.0. The van der Waals surface area contributed by atoms with Crippen molar-refractivity contribution >= 4 is 63.1 Å². The lowest BCUT2D eigenvalue weighted by Gasteiger charge is -2.05. The van der Waals surface area contributed by atoms with Crippen molar-refractivity contribution in [2.24, 2.45) is 0 Å². The van der Waals surface area contributed by atoms with E-state index in [1.165, 1.54) is 23.6 Å². The summed E-state index contributed by atoms with van der Waals surface area (Å²) >= 11 is 18.9. The molecule has 2 aromatic heterocycles. The van der Waals surface area contributed by atoms with Gasteiger partial charge in [-0.25, -0.2) is 14.8 Å². The van der Waals surface area contributed by atoms with E-state index in [2.05, 4.69) is 15.3 Å². The lowest BCUT2D eigenvalue weighted by Crippen LogP contribution is -2.21. The molecular weight excluding hydrogens is 433 g/mol. The summed E-state index contributed by atoms with van der Waals surface area (Å²) in [5.74, 6) is -1.27. The molecule has 0 saturated carbocycles. The number of hydrogen-bond acceptors (Lipinski definition) is 6. The predicted octanol–water partition coefficient (Wildman–Crippen LogP) is 4.96. The van der Waals surface area contributed by atoms with Crippen LogP contribution in [-0.4, -0.2) is 28.5 Å². The van der Waals surface area contributed by atoms with Gasteiger partial charge < -0.3 is 4.74 Å². The van der Waals surface area contributed by atoms with Crippen molar-refractivity contribution in [2.75, 3.05) is 11.9 Å². The summed E-state index contributed by atoms with van der Waals surface area (Å²) in [4.78, 5) is 32.0. The number of pyridine rings is 1. The number of hydrogen-bond donors (Lipinski definition) is 1. The number of anilines is 1. The van der Waals surface area contributed by atoms with E-state index >= 15 is 0 Å². The number of esters is 1. The first-order valence-electron chi connectivity index (χ1n) is 7.42. The Morgan fingerprint density at radius 2 is 1.96 bits per heavy atom. The van der Waals surface area contributed by atoms with E-state index in [1.807, 2.05) is 0 Å². The molecule has 6 nitrogen and oxygen atoms in total. The first-order valence-corrected chi connectivity index (χ1v) is 9.44.